The van der Waals surface area contributed by atoms with Gasteiger partial charge < -0.3 is 5.32 Å². The number of sulfonamides is 1. The molecule has 2 N–H and O–H groups in total. The summed E-state index contributed by atoms with van der Waals surface area (Å²) in [5.41, 5.74) is 1.43. The van der Waals surface area contributed by atoms with Gasteiger partial charge >= 0.3 is 0 Å². The summed E-state index contributed by atoms with van der Waals surface area (Å²) >= 11 is 0. The Balaban J connectivity index is 2.19. The van der Waals surface area contributed by atoms with Gasteiger partial charge in [0, 0.05) is 11.6 Å². The van der Waals surface area contributed by atoms with E-state index in [0.29, 0.717) is 5.69 Å². The third-order valence-corrected chi connectivity index (χ3v) is 5.43. The number of aryl methyl sites for hydroxylation is 1. The van der Waals surface area contributed by atoms with E-state index in [1.807, 2.05) is 6.92 Å². The van der Waals surface area contributed by atoms with Crippen LogP contribution in [0.15, 0.2) is 23.1 Å². The summed E-state index contributed by atoms with van der Waals surface area (Å²) in [5, 5.41) is 2.89. The largest absolute Gasteiger partial charge is 0.326 e. The second-order valence-electron chi connectivity index (χ2n) is 5.51. The summed E-state index contributed by atoms with van der Waals surface area (Å²) in [7, 11) is -2.13. The molecule has 5 nitrogen and oxygen atoms in total. The lowest BCUT2D eigenvalue weighted by molar-refractivity contribution is -0.120. The molecule has 116 valence electrons. The molecule has 1 aromatic carbocycles. The van der Waals surface area contributed by atoms with E-state index >= 15 is 0 Å². The number of amides is 1. The quantitative estimate of drug-likeness (QED) is 0.897. The van der Waals surface area contributed by atoms with Gasteiger partial charge in [0.25, 0.3) is 0 Å². The average molecular weight is 310 g/mol. The van der Waals surface area contributed by atoms with Gasteiger partial charge in [0.05, 0.1) is 4.90 Å². The summed E-state index contributed by atoms with van der Waals surface area (Å²) in [6.07, 6.45) is 5.20. The third-order valence-electron chi connectivity index (χ3n) is 4.02. The normalized spacial score (nSPS) is 16.7. The highest BCUT2D eigenvalue weighted by atomic mass is 32.2. The lowest BCUT2D eigenvalue weighted by atomic mass is 9.88. The molecule has 0 unspecified atom stereocenters. The van der Waals surface area contributed by atoms with E-state index < -0.39 is 10.0 Å². The third kappa shape index (κ3) is 3.83. The van der Waals surface area contributed by atoms with Crippen molar-refractivity contribution in [3.63, 3.8) is 0 Å². The number of benzene rings is 1. The fraction of sp³-hybridized carbons (Fsp3) is 0.533. The molecular formula is C15H22N2O3S. The standard InChI is InChI=1S/C15H22N2O3S/c1-11-8-9-13(21(19,20)16-2)10-14(11)17-15(18)12-6-4-3-5-7-12/h8-10,12,16H,3-7H2,1-2H3,(H,17,18). The Kier molecular flexibility index (Phi) is 5.00. The minimum atomic E-state index is -3.50. The van der Waals surface area contributed by atoms with Crippen LogP contribution in [0.1, 0.15) is 37.7 Å². The zero-order valence-corrected chi connectivity index (χ0v) is 13.3. The van der Waals surface area contributed by atoms with Crippen molar-refractivity contribution in [2.75, 3.05) is 12.4 Å². The molecule has 1 aliphatic rings. The molecule has 1 aliphatic carbocycles. The molecule has 1 aromatic rings. The van der Waals surface area contributed by atoms with Crippen LogP contribution in [-0.4, -0.2) is 21.4 Å². The van der Waals surface area contributed by atoms with Crippen LogP contribution in [0.5, 0.6) is 0 Å². The van der Waals surface area contributed by atoms with Crippen molar-refractivity contribution in [1.29, 1.82) is 0 Å². The number of carbonyl (C=O) groups excluding carboxylic acids is 1. The Hall–Kier alpha value is -1.40. The molecule has 0 spiro atoms. The van der Waals surface area contributed by atoms with Crippen LogP contribution in [0.2, 0.25) is 0 Å². The van der Waals surface area contributed by atoms with Crippen molar-refractivity contribution in [3.05, 3.63) is 23.8 Å². The first kappa shape index (κ1) is 16.0. The molecule has 1 amide bonds. The van der Waals surface area contributed by atoms with Crippen LogP contribution in [0.25, 0.3) is 0 Å². The summed E-state index contributed by atoms with van der Waals surface area (Å²) in [6.45, 7) is 1.85. The highest BCUT2D eigenvalue weighted by Gasteiger charge is 2.22. The van der Waals surface area contributed by atoms with E-state index in [1.54, 1.807) is 6.07 Å². The Labute approximate surface area is 126 Å². The monoisotopic (exact) mass is 310 g/mol. The number of anilines is 1. The second-order valence-corrected chi connectivity index (χ2v) is 7.39. The maximum Gasteiger partial charge on any atom is 0.240 e. The van der Waals surface area contributed by atoms with Crippen LogP contribution in [0, 0.1) is 12.8 Å². The predicted octanol–water partition coefficient (Wildman–Crippen LogP) is 2.42. The predicted molar refractivity (Wildman–Crippen MR) is 82.6 cm³/mol. The molecule has 1 fully saturated rings. The number of nitrogens with one attached hydrogen (secondary N) is 2. The van der Waals surface area contributed by atoms with E-state index in [1.165, 1.54) is 25.6 Å². The molecule has 21 heavy (non-hydrogen) atoms. The van der Waals surface area contributed by atoms with Gasteiger partial charge in [-0.1, -0.05) is 25.3 Å². The first-order valence-electron chi connectivity index (χ1n) is 7.29. The lowest BCUT2D eigenvalue weighted by Crippen LogP contribution is -2.25. The maximum absolute atomic E-state index is 12.3. The van der Waals surface area contributed by atoms with Gasteiger partial charge in [-0.15, -0.1) is 0 Å². The summed E-state index contributed by atoms with van der Waals surface area (Å²) < 4.78 is 25.9. The molecule has 0 atom stereocenters. The van der Waals surface area contributed by atoms with Gasteiger partial charge in [-0.25, -0.2) is 13.1 Å². The molecule has 2 rings (SSSR count). The second kappa shape index (κ2) is 6.58. The Morgan fingerprint density at radius 2 is 1.86 bits per heavy atom. The molecule has 0 aromatic heterocycles. The highest BCUT2D eigenvalue weighted by molar-refractivity contribution is 7.89. The molecule has 1 saturated carbocycles. The Morgan fingerprint density at radius 1 is 1.19 bits per heavy atom. The van der Waals surface area contributed by atoms with E-state index in [4.69, 9.17) is 0 Å². The Bertz CT molecular complexity index is 620. The summed E-state index contributed by atoms with van der Waals surface area (Å²) in [6, 6.07) is 4.76. The van der Waals surface area contributed by atoms with Crippen molar-refractivity contribution < 1.29 is 13.2 Å². The van der Waals surface area contributed by atoms with Crippen LogP contribution in [-0.2, 0) is 14.8 Å². The number of carbonyl (C=O) groups is 1. The van der Waals surface area contributed by atoms with Crippen LogP contribution >= 0.6 is 0 Å². The van der Waals surface area contributed by atoms with Crippen molar-refractivity contribution >= 4 is 21.6 Å². The fourth-order valence-corrected chi connectivity index (χ4v) is 3.38. The molecule has 0 aliphatic heterocycles. The van der Waals surface area contributed by atoms with E-state index in [0.717, 1.165) is 31.2 Å². The van der Waals surface area contributed by atoms with Crippen LogP contribution in [0.3, 0.4) is 0 Å². The molecular weight excluding hydrogens is 288 g/mol. The van der Waals surface area contributed by atoms with Crippen molar-refractivity contribution in [3.8, 4) is 0 Å². The number of rotatable bonds is 4. The van der Waals surface area contributed by atoms with Gasteiger partial charge in [0.15, 0.2) is 0 Å². The van der Waals surface area contributed by atoms with E-state index in [-0.39, 0.29) is 16.7 Å². The first-order chi connectivity index (χ1) is 9.94. The summed E-state index contributed by atoms with van der Waals surface area (Å²) in [4.78, 5) is 12.4. The lowest BCUT2D eigenvalue weighted by Gasteiger charge is -2.21. The molecule has 0 saturated heterocycles. The fourth-order valence-electron chi connectivity index (χ4n) is 2.62. The van der Waals surface area contributed by atoms with Crippen molar-refractivity contribution in [2.45, 2.75) is 43.9 Å². The van der Waals surface area contributed by atoms with Crippen LogP contribution in [0.4, 0.5) is 5.69 Å². The van der Waals surface area contributed by atoms with Gasteiger partial charge in [0.2, 0.25) is 15.9 Å². The number of hydrogen-bond acceptors (Lipinski definition) is 3. The molecule has 0 radical (unpaired) electrons. The first-order valence-corrected chi connectivity index (χ1v) is 8.77. The minimum absolute atomic E-state index is 0.00296. The maximum atomic E-state index is 12.3. The molecule has 0 heterocycles. The zero-order chi connectivity index (χ0) is 15.5. The smallest absolute Gasteiger partial charge is 0.240 e. The number of hydrogen-bond donors (Lipinski definition) is 2. The zero-order valence-electron chi connectivity index (χ0n) is 12.5. The van der Waals surface area contributed by atoms with Gasteiger partial charge in [-0.05, 0) is 44.5 Å². The van der Waals surface area contributed by atoms with E-state index in [2.05, 4.69) is 10.0 Å². The van der Waals surface area contributed by atoms with Crippen molar-refractivity contribution in [1.82, 2.24) is 4.72 Å². The minimum Gasteiger partial charge on any atom is -0.326 e. The van der Waals surface area contributed by atoms with E-state index in [9.17, 15) is 13.2 Å². The summed E-state index contributed by atoms with van der Waals surface area (Å²) in [5.74, 6) is 0.0412. The SMILES string of the molecule is CNS(=O)(=O)c1ccc(C)c(NC(=O)C2CCCCC2)c1. The molecule has 6 heteroatoms. The Morgan fingerprint density at radius 3 is 2.48 bits per heavy atom. The van der Waals surface area contributed by atoms with Crippen LogP contribution < -0.4 is 10.0 Å². The van der Waals surface area contributed by atoms with Crippen molar-refractivity contribution in [2.24, 2.45) is 5.92 Å². The highest BCUT2D eigenvalue weighted by Crippen LogP contribution is 2.26. The van der Waals surface area contributed by atoms with Gasteiger partial charge in [0.1, 0.15) is 0 Å². The molecule has 0 bridgehead atoms. The topological polar surface area (TPSA) is 75.3 Å². The van der Waals surface area contributed by atoms with Gasteiger partial charge in [-0.2, -0.15) is 0 Å². The average Bonchev–Trinajstić information content (AvgIpc) is 2.50. The van der Waals surface area contributed by atoms with Gasteiger partial charge in [-0.3, -0.25) is 4.79 Å².